The molecule has 2 rings (SSSR count). The van der Waals surface area contributed by atoms with Crippen molar-refractivity contribution in [1.29, 1.82) is 0 Å². The van der Waals surface area contributed by atoms with E-state index < -0.39 is 0 Å². The first kappa shape index (κ1) is 14.0. The molecule has 104 valence electrons. The SMILES string of the molecule is CN(C)Cc1cc(N)ccc1/N=N/c1ccc(N)cc1. The van der Waals surface area contributed by atoms with E-state index >= 15 is 0 Å². The molecule has 0 spiro atoms. The summed E-state index contributed by atoms with van der Waals surface area (Å²) in [7, 11) is 4.01. The minimum absolute atomic E-state index is 0.713. The van der Waals surface area contributed by atoms with Crippen LogP contribution in [0, 0.1) is 0 Å². The first-order valence-electron chi connectivity index (χ1n) is 6.35. The number of nitrogens with zero attached hydrogens (tertiary/aromatic N) is 3. The molecule has 0 aliphatic carbocycles. The molecule has 4 N–H and O–H groups in total. The van der Waals surface area contributed by atoms with Gasteiger partial charge >= 0.3 is 0 Å². The number of nitrogen functional groups attached to an aromatic ring is 2. The standard InChI is InChI=1S/C15H19N5/c1-20(2)10-11-9-13(17)5-8-15(11)19-18-14-6-3-12(16)4-7-14/h3-9H,10,16-17H2,1-2H3/b19-18+. The van der Waals surface area contributed by atoms with Crippen molar-refractivity contribution in [2.75, 3.05) is 25.6 Å². The van der Waals surface area contributed by atoms with Gasteiger partial charge in [0.05, 0.1) is 11.4 Å². The molecule has 0 radical (unpaired) electrons. The number of azo groups is 1. The molecule has 2 aromatic rings. The molecule has 0 saturated carbocycles. The molecule has 0 aromatic heterocycles. The summed E-state index contributed by atoms with van der Waals surface area (Å²) < 4.78 is 0. The molecule has 0 fully saturated rings. The van der Waals surface area contributed by atoms with Crippen LogP contribution in [0.5, 0.6) is 0 Å². The third-order valence-electron chi connectivity index (χ3n) is 2.76. The zero-order chi connectivity index (χ0) is 14.5. The highest BCUT2D eigenvalue weighted by Gasteiger charge is 2.04. The van der Waals surface area contributed by atoms with Crippen LogP contribution in [0.2, 0.25) is 0 Å². The summed E-state index contributed by atoms with van der Waals surface area (Å²) in [5.41, 5.74) is 15.5. The van der Waals surface area contributed by atoms with E-state index in [1.54, 1.807) is 12.1 Å². The molecule has 5 nitrogen and oxygen atoms in total. The summed E-state index contributed by atoms with van der Waals surface area (Å²) in [5.74, 6) is 0. The van der Waals surface area contributed by atoms with E-state index in [9.17, 15) is 0 Å². The van der Waals surface area contributed by atoms with Crippen LogP contribution in [-0.2, 0) is 6.54 Å². The number of benzene rings is 2. The number of nitrogens with two attached hydrogens (primary N) is 2. The summed E-state index contributed by atoms with van der Waals surface area (Å²) in [4.78, 5) is 2.07. The van der Waals surface area contributed by atoms with Crippen LogP contribution in [0.25, 0.3) is 0 Å². The summed E-state index contributed by atoms with van der Waals surface area (Å²) in [6, 6.07) is 12.9. The highest BCUT2D eigenvalue weighted by molar-refractivity contribution is 5.55. The molecular weight excluding hydrogens is 250 g/mol. The monoisotopic (exact) mass is 269 g/mol. The van der Waals surface area contributed by atoms with E-state index in [0.29, 0.717) is 5.69 Å². The van der Waals surface area contributed by atoms with Gasteiger partial charge in [0.1, 0.15) is 0 Å². The van der Waals surface area contributed by atoms with Crippen molar-refractivity contribution < 1.29 is 0 Å². The van der Waals surface area contributed by atoms with Crippen molar-refractivity contribution in [1.82, 2.24) is 4.90 Å². The predicted octanol–water partition coefficient (Wildman–Crippen LogP) is 3.33. The topological polar surface area (TPSA) is 80.0 Å². The summed E-state index contributed by atoms with van der Waals surface area (Å²) in [5, 5.41) is 8.53. The first-order valence-corrected chi connectivity index (χ1v) is 6.35. The summed E-state index contributed by atoms with van der Waals surface area (Å²) in [6.07, 6.45) is 0. The molecular formula is C15H19N5. The smallest absolute Gasteiger partial charge is 0.0903 e. The zero-order valence-electron chi connectivity index (χ0n) is 11.7. The van der Waals surface area contributed by atoms with E-state index in [1.165, 1.54) is 0 Å². The second-order valence-corrected chi connectivity index (χ2v) is 4.92. The van der Waals surface area contributed by atoms with Crippen molar-refractivity contribution in [3.05, 3.63) is 48.0 Å². The maximum absolute atomic E-state index is 5.82. The Labute approximate surface area is 118 Å². The second kappa shape index (κ2) is 6.16. The average molecular weight is 269 g/mol. The molecule has 0 amide bonds. The number of rotatable bonds is 4. The fourth-order valence-corrected chi connectivity index (χ4v) is 1.82. The molecule has 2 aromatic carbocycles. The van der Waals surface area contributed by atoms with Gasteiger partial charge in [-0.15, -0.1) is 0 Å². The molecule has 0 bridgehead atoms. The van der Waals surface area contributed by atoms with E-state index in [0.717, 1.165) is 29.2 Å². The minimum atomic E-state index is 0.713. The van der Waals surface area contributed by atoms with E-state index in [-0.39, 0.29) is 0 Å². The minimum Gasteiger partial charge on any atom is -0.399 e. The van der Waals surface area contributed by atoms with Crippen LogP contribution >= 0.6 is 0 Å². The molecule has 0 atom stereocenters. The van der Waals surface area contributed by atoms with Gasteiger partial charge < -0.3 is 16.4 Å². The maximum Gasteiger partial charge on any atom is 0.0903 e. The molecule has 0 unspecified atom stereocenters. The van der Waals surface area contributed by atoms with Crippen LogP contribution in [-0.4, -0.2) is 19.0 Å². The van der Waals surface area contributed by atoms with Gasteiger partial charge in [-0.25, -0.2) is 0 Å². The van der Waals surface area contributed by atoms with Crippen molar-refractivity contribution in [2.45, 2.75) is 6.54 Å². The Morgan fingerprint density at radius 2 is 1.55 bits per heavy atom. The lowest BCUT2D eigenvalue weighted by Crippen LogP contribution is -2.10. The highest BCUT2D eigenvalue weighted by Crippen LogP contribution is 2.25. The lowest BCUT2D eigenvalue weighted by atomic mass is 10.1. The number of anilines is 2. The van der Waals surface area contributed by atoms with Crippen molar-refractivity contribution in [2.24, 2.45) is 10.2 Å². The Balaban J connectivity index is 2.25. The Hall–Kier alpha value is -2.40. The van der Waals surface area contributed by atoms with Crippen LogP contribution in [0.3, 0.4) is 0 Å². The van der Waals surface area contributed by atoms with Gasteiger partial charge in [-0.2, -0.15) is 10.2 Å². The van der Waals surface area contributed by atoms with E-state index in [4.69, 9.17) is 11.5 Å². The summed E-state index contributed by atoms with van der Waals surface area (Å²) in [6.45, 7) is 0.765. The molecule has 5 heteroatoms. The van der Waals surface area contributed by atoms with Gasteiger partial charge in [0, 0.05) is 17.9 Å². The molecule has 0 heterocycles. The largest absolute Gasteiger partial charge is 0.399 e. The van der Waals surface area contributed by atoms with Crippen molar-refractivity contribution in [3.8, 4) is 0 Å². The Morgan fingerprint density at radius 3 is 2.20 bits per heavy atom. The Kier molecular flexibility index (Phi) is 4.32. The Bertz CT molecular complexity index is 602. The van der Waals surface area contributed by atoms with Gasteiger partial charge in [0.25, 0.3) is 0 Å². The fraction of sp³-hybridized carbons (Fsp3) is 0.200. The number of hydrogen-bond donors (Lipinski definition) is 2. The third kappa shape index (κ3) is 3.80. The lowest BCUT2D eigenvalue weighted by Gasteiger charge is -2.12. The van der Waals surface area contributed by atoms with Gasteiger partial charge in [-0.3, -0.25) is 0 Å². The lowest BCUT2D eigenvalue weighted by molar-refractivity contribution is 0.403. The molecule has 0 aliphatic rings. The predicted molar refractivity (Wildman–Crippen MR) is 83.3 cm³/mol. The van der Waals surface area contributed by atoms with Gasteiger partial charge in [-0.1, -0.05) is 0 Å². The van der Waals surface area contributed by atoms with E-state index in [2.05, 4.69) is 15.1 Å². The fourth-order valence-electron chi connectivity index (χ4n) is 1.82. The Morgan fingerprint density at radius 1 is 0.900 bits per heavy atom. The average Bonchev–Trinajstić information content (AvgIpc) is 2.39. The highest BCUT2D eigenvalue weighted by atomic mass is 15.1. The van der Waals surface area contributed by atoms with Crippen molar-refractivity contribution >= 4 is 22.7 Å². The zero-order valence-corrected chi connectivity index (χ0v) is 11.7. The second-order valence-electron chi connectivity index (χ2n) is 4.92. The molecule has 0 aliphatic heterocycles. The quantitative estimate of drug-likeness (QED) is 0.660. The third-order valence-corrected chi connectivity index (χ3v) is 2.76. The van der Waals surface area contributed by atoms with Crippen LogP contribution < -0.4 is 11.5 Å². The van der Waals surface area contributed by atoms with Crippen LogP contribution in [0.4, 0.5) is 22.7 Å². The first-order chi connectivity index (χ1) is 9.54. The van der Waals surface area contributed by atoms with Crippen LogP contribution in [0.1, 0.15) is 5.56 Å². The maximum atomic E-state index is 5.82. The van der Waals surface area contributed by atoms with Crippen LogP contribution in [0.15, 0.2) is 52.7 Å². The molecule has 20 heavy (non-hydrogen) atoms. The van der Waals surface area contributed by atoms with Gasteiger partial charge in [0.15, 0.2) is 0 Å². The van der Waals surface area contributed by atoms with Gasteiger partial charge in [0.2, 0.25) is 0 Å². The molecule has 0 saturated heterocycles. The summed E-state index contributed by atoms with van der Waals surface area (Å²) >= 11 is 0. The number of hydrogen-bond acceptors (Lipinski definition) is 5. The van der Waals surface area contributed by atoms with Crippen molar-refractivity contribution in [3.63, 3.8) is 0 Å². The van der Waals surface area contributed by atoms with E-state index in [1.807, 2.05) is 44.4 Å². The van der Waals surface area contributed by atoms with Gasteiger partial charge in [-0.05, 0) is 62.1 Å². The normalized spacial score (nSPS) is 11.3.